The third kappa shape index (κ3) is 2.06. The van der Waals surface area contributed by atoms with Crippen molar-refractivity contribution in [3.8, 4) is 0 Å². The molecule has 3 nitrogen and oxygen atoms in total. The molecule has 1 radical (unpaired) electrons. The second-order valence-corrected chi connectivity index (χ2v) is 3.79. The van der Waals surface area contributed by atoms with Crippen molar-refractivity contribution in [1.82, 2.24) is 0 Å². The Hall–Kier alpha value is -0.870. The molecule has 0 aliphatic rings. The quantitative estimate of drug-likeness (QED) is 0.707. The highest BCUT2D eigenvalue weighted by Gasteiger charge is 2.08. The molecule has 0 aromatic heterocycles. The predicted molar refractivity (Wildman–Crippen MR) is 45.3 cm³/mol. The molecule has 0 bridgehead atoms. The van der Waals surface area contributed by atoms with Gasteiger partial charge in [0, 0.05) is 0 Å². The van der Waals surface area contributed by atoms with Gasteiger partial charge in [-0.1, -0.05) is 12.1 Å². The van der Waals surface area contributed by atoms with Gasteiger partial charge in [-0.05, 0) is 31.0 Å². The SMILES string of the molecule is [CH2]Cc1cccc(S(=O)(=O)O)c1. The van der Waals surface area contributed by atoms with Crippen LogP contribution in [0.3, 0.4) is 0 Å². The molecule has 65 valence electrons. The predicted octanol–water partition coefficient (Wildman–Crippen LogP) is 1.31. The molecular weight excluding hydrogens is 176 g/mol. The smallest absolute Gasteiger partial charge is 0.282 e. The summed E-state index contributed by atoms with van der Waals surface area (Å²) in [6.45, 7) is 3.60. The van der Waals surface area contributed by atoms with E-state index in [1.54, 1.807) is 12.1 Å². The van der Waals surface area contributed by atoms with E-state index in [2.05, 4.69) is 6.92 Å². The maximum Gasteiger partial charge on any atom is 0.294 e. The summed E-state index contributed by atoms with van der Waals surface area (Å²) in [5.41, 5.74) is 0.783. The third-order valence-electron chi connectivity index (χ3n) is 1.48. The molecule has 0 unspecified atom stereocenters. The van der Waals surface area contributed by atoms with Gasteiger partial charge >= 0.3 is 0 Å². The largest absolute Gasteiger partial charge is 0.294 e. The Morgan fingerprint density at radius 1 is 1.42 bits per heavy atom. The highest BCUT2D eigenvalue weighted by atomic mass is 32.2. The summed E-state index contributed by atoms with van der Waals surface area (Å²) in [4.78, 5) is -0.0800. The minimum absolute atomic E-state index is 0.0800. The average molecular weight is 185 g/mol. The van der Waals surface area contributed by atoms with Gasteiger partial charge < -0.3 is 0 Å². The van der Waals surface area contributed by atoms with Crippen molar-refractivity contribution in [2.45, 2.75) is 11.3 Å². The van der Waals surface area contributed by atoms with Crippen molar-refractivity contribution >= 4 is 10.1 Å². The number of rotatable bonds is 2. The van der Waals surface area contributed by atoms with Crippen molar-refractivity contribution in [3.63, 3.8) is 0 Å². The van der Waals surface area contributed by atoms with Crippen LogP contribution in [0.4, 0.5) is 0 Å². The number of hydrogen-bond donors (Lipinski definition) is 1. The van der Waals surface area contributed by atoms with Crippen LogP contribution >= 0.6 is 0 Å². The Morgan fingerprint density at radius 2 is 2.08 bits per heavy atom. The van der Waals surface area contributed by atoms with Gasteiger partial charge in [0.2, 0.25) is 0 Å². The van der Waals surface area contributed by atoms with E-state index in [1.165, 1.54) is 12.1 Å². The molecule has 0 fully saturated rings. The second-order valence-electron chi connectivity index (χ2n) is 2.37. The van der Waals surface area contributed by atoms with Crippen LogP contribution in [0.1, 0.15) is 5.56 Å². The molecule has 0 saturated heterocycles. The molecule has 0 spiro atoms. The molecule has 1 rings (SSSR count). The van der Waals surface area contributed by atoms with Crippen molar-refractivity contribution in [2.24, 2.45) is 0 Å². The van der Waals surface area contributed by atoms with Crippen LogP contribution in [-0.2, 0) is 16.5 Å². The van der Waals surface area contributed by atoms with Crippen LogP contribution in [-0.4, -0.2) is 13.0 Å². The lowest BCUT2D eigenvalue weighted by molar-refractivity contribution is 0.483. The topological polar surface area (TPSA) is 54.4 Å². The minimum atomic E-state index is -4.06. The third-order valence-corrected chi connectivity index (χ3v) is 2.33. The standard InChI is InChI=1S/C8H9O3S/c1-2-7-4-3-5-8(6-7)12(9,10)11/h3-6H,1-2H2,(H,9,10,11). The normalized spacial score (nSPS) is 11.5. The molecule has 1 N–H and O–H groups in total. The molecule has 0 heterocycles. The summed E-state index contributed by atoms with van der Waals surface area (Å²) < 4.78 is 29.9. The first kappa shape index (κ1) is 9.22. The lowest BCUT2D eigenvalue weighted by Gasteiger charge is -1.98. The van der Waals surface area contributed by atoms with Gasteiger partial charge in [-0.3, -0.25) is 4.55 Å². The van der Waals surface area contributed by atoms with E-state index in [1.807, 2.05) is 0 Å². The summed E-state index contributed by atoms with van der Waals surface area (Å²) in [6, 6.07) is 6.07. The van der Waals surface area contributed by atoms with Crippen molar-refractivity contribution in [1.29, 1.82) is 0 Å². The number of hydrogen-bond acceptors (Lipinski definition) is 2. The highest BCUT2D eigenvalue weighted by Crippen LogP contribution is 2.10. The van der Waals surface area contributed by atoms with Gasteiger partial charge in [0.1, 0.15) is 0 Å². The summed E-state index contributed by atoms with van der Waals surface area (Å²) >= 11 is 0. The summed E-state index contributed by atoms with van der Waals surface area (Å²) in [5, 5.41) is 0. The molecule has 0 aliphatic heterocycles. The fourth-order valence-electron chi connectivity index (χ4n) is 0.861. The second kappa shape index (κ2) is 3.25. The highest BCUT2D eigenvalue weighted by molar-refractivity contribution is 7.85. The summed E-state index contributed by atoms with van der Waals surface area (Å²) in [6.07, 6.45) is 0.503. The van der Waals surface area contributed by atoms with Gasteiger partial charge in [0.05, 0.1) is 4.90 Å². The van der Waals surface area contributed by atoms with E-state index < -0.39 is 10.1 Å². The van der Waals surface area contributed by atoms with Crippen molar-refractivity contribution < 1.29 is 13.0 Å². The Bertz CT molecular complexity index is 368. The average Bonchev–Trinajstić information content (AvgIpc) is 2.03. The summed E-state index contributed by atoms with van der Waals surface area (Å²) in [7, 11) is -4.06. The zero-order valence-corrected chi connectivity index (χ0v) is 7.21. The molecule has 0 atom stereocenters. The zero-order valence-electron chi connectivity index (χ0n) is 6.40. The van der Waals surface area contributed by atoms with E-state index >= 15 is 0 Å². The van der Waals surface area contributed by atoms with Gasteiger partial charge in [-0.25, -0.2) is 0 Å². The molecule has 4 heteroatoms. The molecule has 1 aromatic rings. The van der Waals surface area contributed by atoms with Crippen LogP contribution in [0, 0.1) is 6.92 Å². The Morgan fingerprint density at radius 3 is 2.58 bits per heavy atom. The number of benzene rings is 1. The van der Waals surface area contributed by atoms with Crippen LogP contribution in [0.15, 0.2) is 29.2 Å². The maximum atomic E-state index is 10.6. The van der Waals surface area contributed by atoms with Crippen molar-refractivity contribution in [3.05, 3.63) is 36.8 Å². The summed E-state index contributed by atoms with van der Waals surface area (Å²) in [5.74, 6) is 0. The Kier molecular flexibility index (Phi) is 2.49. The van der Waals surface area contributed by atoms with E-state index in [0.717, 1.165) is 5.56 Å². The van der Waals surface area contributed by atoms with Crippen LogP contribution in [0.25, 0.3) is 0 Å². The maximum absolute atomic E-state index is 10.6. The van der Waals surface area contributed by atoms with Crippen LogP contribution in [0.5, 0.6) is 0 Å². The molecule has 0 aliphatic carbocycles. The monoisotopic (exact) mass is 185 g/mol. The van der Waals surface area contributed by atoms with Crippen molar-refractivity contribution in [2.75, 3.05) is 0 Å². The van der Waals surface area contributed by atoms with E-state index in [0.29, 0.717) is 6.42 Å². The Labute approximate surface area is 71.8 Å². The van der Waals surface area contributed by atoms with E-state index in [4.69, 9.17) is 4.55 Å². The van der Waals surface area contributed by atoms with Crippen LogP contribution in [0.2, 0.25) is 0 Å². The first-order valence-electron chi connectivity index (χ1n) is 3.39. The zero-order chi connectivity index (χ0) is 9.19. The van der Waals surface area contributed by atoms with E-state index in [-0.39, 0.29) is 4.90 Å². The van der Waals surface area contributed by atoms with Gasteiger partial charge in [0.15, 0.2) is 0 Å². The first-order chi connectivity index (χ1) is 5.54. The fourth-order valence-corrected chi connectivity index (χ4v) is 1.41. The fraction of sp³-hybridized carbons (Fsp3) is 0.125. The minimum Gasteiger partial charge on any atom is -0.282 e. The first-order valence-corrected chi connectivity index (χ1v) is 4.84. The lowest BCUT2D eigenvalue weighted by Crippen LogP contribution is -1.98. The molecule has 12 heavy (non-hydrogen) atoms. The molecular formula is C8H9O3S. The Balaban J connectivity index is 3.20. The molecule has 0 saturated carbocycles. The van der Waals surface area contributed by atoms with Gasteiger partial charge in [0.25, 0.3) is 10.1 Å². The van der Waals surface area contributed by atoms with Gasteiger partial charge in [-0.2, -0.15) is 8.42 Å². The molecule has 1 aromatic carbocycles. The molecule has 0 amide bonds. The lowest BCUT2D eigenvalue weighted by atomic mass is 10.2. The van der Waals surface area contributed by atoms with Crippen LogP contribution < -0.4 is 0 Å². The van der Waals surface area contributed by atoms with E-state index in [9.17, 15) is 8.42 Å². The van der Waals surface area contributed by atoms with Gasteiger partial charge in [-0.15, -0.1) is 0 Å².